The standard InChI is InChI=1S/C29H53N/c1-3-5-7-9-11-13-15-17-19-21-23-28-25-29(27-30-26-28)24-22-20-18-16-14-12-10-8-6-4-2/h25-27H,3-24H2,1-2H3. The van der Waals surface area contributed by atoms with E-state index in [-0.39, 0.29) is 0 Å². The molecule has 1 aromatic rings. The molecule has 0 aliphatic rings. The molecule has 1 heterocycles. The third kappa shape index (κ3) is 16.9. The van der Waals surface area contributed by atoms with Crippen molar-refractivity contribution < 1.29 is 0 Å². The van der Waals surface area contributed by atoms with Crippen LogP contribution < -0.4 is 0 Å². The maximum absolute atomic E-state index is 4.51. The highest BCUT2D eigenvalue weighted by molar-refractivity contribution is 5.18. The zero-order chi connectivity index (χ0) is 21.5. The summed E-state index contributed by atoms with van der Waals surface area (Å²) in [5, 5.41) is 0. The van der Waals surface area contributed by atoms with Gasteiger partial charge in [0.25, 0.3) is 0 Å². The largest absolute Gasteiger partial charge is 0.264 e. The van der Waals surface area contributed by atoms with Crippen LogP contribution >= 0.6 is 0 Å². The van der Waals surface area contributed by atoms with Crippen molar-refractivity contribution in [3.05, 3.63) is 29.6 Å². The third-order valence-electron chi connectivity index (χ3n) is 6.49. The number of hydrogen-bond donors (Lipinski definition) is 0. The predicted molar refractivity (Wildman–Crippen MR) is 135 cm³/mol. The van der Waals surface area contributed by atoms with E-state index in [1.54, 1.807) is 0 Å². The summed E-state index contributed by atoms with van der Waals surface area (Å²) in [5.74, 6) is 0. The SMILES string of the molecule is CCCCCCCCCCCCc1cncc(CCCCCCCCCCCC)c1. The van der Waals surface area contributed by atoms with Crippen molar-refractivity contribution in [2.75, 3.05) is 0 Å². The molecule has 1 rings (SSSR count). The Balaban J connectivity index is 1.97. The normalized spacial score (nSPS) is 11.3. The van der Waals surface area contributed by atoms with Crippen LogP contribution in [0.15, 0.2) is 18.5 Å². The monoisotopic (exact) mass is 415 g/mol. The Morgan fingerprint density at radius 2 is 0.733 bits per heavy atom. The van der Waals surface area contributed by atoms with E-state index in [2.05, 4.69) is 37.3 Å². The number of unbranched alkanes of at least 4 members (excludes halogenated alkanes) is 18. The number of rotatable bonds is 22. The van der Waals surface area contributed by atoms with Crippen molar-refractivity contribution in [1.29, 1.82) is 0 Å². The van der Waals surface area contributed by atoms with E-state index in [0.717, 1.165) is 0 Å². The number of aromatic nitrogens is 1. The van der Waals surface area contributed by atoms with Gasteiger partial charge in [0.05, 0.1) is 0 Å². The Morgan fingerprint density at radius 1 is 0.433 bits per heavy atom. The highest BCUT2D eigenvalue weighted by atomic mass is 14.6. The van der Waals surface area contributed by atoms with Gasteiger partial charge in [-0.25, -0.2) is 0 Å². The summed E-state index contributed by atoms with van der Waals surface area (Å²) in [7, 11) is 0. The number of nitrogens with zero attached hydrogens (tertiary/aromatic N) is 1. The van der Waals surface area contributed by atoms with Crippen LogP contribution in [0.25, 0.3) is 0 Å². The van der Waals surface area contributed by atoms with Gasteiger partial charge in [0, 0.05) is 12.4 Å². The Labute approximate surface area is 189 Å². The van der Waals surface area contributed by atoms with E-state index in [9.17, 15) is 0 Å². The zero-order valence-corrected chi connectivity index (χ0v) is 20.7. The van der Waals surface area contributed by atoms with Crippen LogP contribution in [0.4, 0.5) is 0 Å². The maximum Gasteiger partial charge on any atom is 0.0300 e. The molecular formula is C29H53N. The maximum atomic E-state index is 4.51. The Bertz CT molecular complexity index is 428. The molecule has 0 saturated heterocycles. The highest BCUT2D eigenvalue weighted by Crippen LogP contribution is 2.15. The second kappa shape index (κ2) is 21.4. The lowest BCUT2D eigenvalue weighted by Gasteiger charge is -2.06. The Morgan fingerprint density at radius 3 is 1.07 bits per heavy atom. The summed E-state index contributed by atoms with van der Waals surface area (Å²) < 4.78 is 0. The van der Waals surface area contributed by atoms with Gasteiger partial charge in [-0.2, -0.15) is 0 Å². The van der Waals surface area contributed by atoms with E-state index >= 15 is 0 Å². The molecule has 1 heteroatoms. The number of hydrogen-bond acceptors (Lipinski definition) is 1. The van der Waals surface area contributed by atoms with Crippen molar-refractivity contribution in [2.45, 2.75) is 155 Å². The van der Waals surface area contributed by atoms with Crippen molar-refractivity contribution in [1.82, 2.24) is 4.98 Å². The minimum Gasteiger partial charge on any atom is -0.264 e. The second-order valence-electron chi connectivity index (χ2n) is 9.57. The first-order chi connectivity index (χ1) is 14.9. The fourth-order valence-corrected chi connectivity index (χ4v) is 4.45. The van der Waals surface area contributed by atoms with E-state index in [4.69, 9.17) is 0 Å². The lowest BCUT2D eigenvalue weighted by atomic mass is 10.0. The first-order valence-electron chi connectivity index (χ1n) is 13.8. The molecule has 0 spiro atoms. The predicted octanol–water partition coefficient (Wildman–Crippen LogP) is 10.0. The lowest BCUT2D eigenvalue weighted by molar-refractivity contribution is 0.555. The Kier molecular flexibility index (Phi) is 19.4. The van der Waals surface area contributed by atoms with Crippen LogP contribution in [0.5, 0.6) is 0 Å². The van der Waals surface area contributed by atoms with Crippen LogP contribution in [-0.2, 0) is 12.8 Å². The van der Waals surface area contributed by atoms with Gasteiger partial charge in [-0.1, -0.05) is 135 Å². The van der Waals surface area contributed by atoms with Crippen molar-refractivity contribution >= 4 is 0 Å². The summed E-state index contributed by atoms with van der Waals surface area (Å²) in [4.78, 5) is 4.51. The quantitative estimate of drug-likeness (QED) is 0.172. The molecular weight excluding hydrogens is 362 g/mol. The molecule has 0 aliphatic carbocycles. The van der Waals surface area contributed by atoms with E-state index in [1.807, 2.05) is 0 Å². The highest BCUT2D eigenvalue weighted by Gasteiger charge is 2.00. The molecule has 0 fully saturated rings. The minimum atomic E-state index is 1.22. The Hall–Kier alpha value is -0.850. The molecule has 0 atom stereocenters. The van der Waals surface area contributed by atoms with E-state index in [0.29, 0.717) is 0 Å². The molecule has 0 bridgehead atoms. The fraction of sp³-hybridized carbons (Fsp3) is 0.828. The number of pyridine rings is 1. The van der Waals surface area contributed by atoms with E-state index < -0.39 is 0 Å². The second-order valence-corrected chi connectivity index (χ2v) is 9.57. The molecule has 0 aliphatic heterocycles. The van der Waals surface area contributed by atoms with Gasteiger partial charge in [-0.15, -0.1) is 0 Å². The van der Waals surface area contributed by atoms with Gasteiger partial charge in [0.1, 0.15) is 0 Å². The average Bonchev–Trinajstić information content (AvgIpc) is 2.76. The van der Waals surface area contributed by atoms with Gasteiger partial charge in [-0.3, -0.25) is 4.98 Å². The van der Waals surface area contributed by atoms with Crippen LogP contribution in [-0.4, -0.2) is 4.98 Å². The molecule has 0 saturated carbocycles. The van der Waals surface area contributed by atoms with Crippen molar-refractivity contribution in [2.24, 2.45) is 0 Å². The molecule has 0 aromatic carbocycles. The van der Waals surface area contributed by atoms with Crippen molar-refractivity contribution in [3.63, 3.8) is 0 Å². The molecule has 1 nitrogen and oxygen atoms in total. The van der Waals surface area contributed by atoms with Gasteiger partial charge < -0.3 is 0 Å². The molecule has 0 amide bonds. The van der Waals surface area contributed by atoms with Crippen LogP contribution in [0.1, 0.15) is 153 Å². The molecule has 0 N–H and O–H groups in total. The molecule has 1 aromatic heterocycles. The molecule has 174 valence electrons. The lowest BCUT2D eigenvalue weighted by Crippen LogP contribution is -1.93. The molecule has 0 radical (unpaired) electrons. The fourth-order valence-electron chi connectivity index (χ4n) is 4.45. The van der Waals surface area contributed by atoms with Crippen LogP contribution in [0.2, 0.25) is 0 Å². The van der Waals surface area contributed by atoms with E-state index in [1.165, 1.54) is 152 Å². The van der Waals surface area contributed by atoms with Gasteiger partial charge in [0.2, 0.25) is 0 Å². The summed E-state index contributed by atoms with van der Waals surface area (Å²) in [6, 6.07) is 2.43. The topological polar surface area (TPSA) is 12.9 Å². The van der Waals surface area contributed by atoms with Crippen LogP contribution in [0.3, 0.4) is 0 Å². The van der Waals surface area contributed by atoms with Crippen molar-refractivity contribution in [3.8, 4) is 0 Å². The number of aryl methyl sites for hydroxylation is 2. The van der Waals surface area contributed by atoms with Gasteiger partial charge >= 0.3 is 0 Å². The molecule has 0 unspecified atom stereocenters. The average molecular weight is 416 g/mol. The summed E-state index contributed by atoms with van der Waals surface area (Å²) in [6.07, 6.45) is 34.9. The first kappa shape index (κ1) is 27.2. The first-order valence-corrected chi connectivity index (χ1v) is 13.8. The molecule has 30 heavy (non-hydrogen) atoms. The van der Waals surface area contributed by atoms with Gasteiger partial charge in [0.15, 0.2) is 0 Å². The zero-order valence-electron chi connectivity index (χ0n) is 20.7. The summed E-state index contributed by atoms with van der Waals surface area (Å²) >= 11 is 0. The summed E-state index contributed by atoms with van der Waals surface area (Å²) in [5.41, 5.74) is 2.92. The minimum absolute atomic E-state index is 1.22. The smallest absolute Gasteiger partial charge is 0.0300 e. The van der Waals surface area contributed by atoms with Crippen LogP contribution in [0, 0.1) is 0 Å². The van der Waals surface area contributed by atoms with Gasteiger partial charge in [-0.05, 0) is 36.8 Å². The summed E-state index contributed by atoms with van der Waals surface area (Å²) in [6.45, 7) is 4.59. The third-order valence-corrected chi connectivity index (χ3v) is 6.49.